The maximum absolute atomic E-state index is 12.5. The first kappa shape index (κ1) is 21.8. The number of oxazole rings is 1. The van der Waals surface area contributed by atoms with E-state index in [0.29, 0.717) is 40.5 Å². The molecule has 0 aliphatic rings. The van der Waals surface area contributed by atoms with Gasteiger partial charge in [0, 0.05) is 13.0 Å². The zero-order chi connectivity index (χ0) is 21.7. The molecule has 160 valence electrons. The van der Waals surface area contributed by atoms with Crippen molar-refractivity contribution in [1.29, 1.82) is 0 Å². The highest BCUT2D eigenvalue weighted by Crippen LogP contribution is 2.31. The fraction of sp³-hybridized carbons (Fsp3) is 0.409. The lowest BCUT2D eigenvalue weighted by Crippen LogP contribution is -2.18. The topological polar surface area (TPSA) is 90.5 Å². The van der Waals surface area contributed by atoms with Crippen LogP contribution in [-0.2, 0) is 22.5 Å². The van der Waals surface area contributed by atoms with Crippen LogP contribution < -0.4 is 11.1 Å². The number of aromatic nitrogens is 1. The standard InChI is InChI=1S/C22H26N2O5S/c1-4-28-21(26)19-15(12-14(2)3)13-30-20(19)23-18(25)10-7-11-24-16-8-5-6-9-17(16)29-22(24)27/h5-6,8-9,13-14H,4,7,10-12H2,1-3H3,(H,23,25). The Bertz CT molecular complexity index is 1090. The van der Waals surface area contributed by atoms with Gasteiger partial charge in [0.1, 0.15) is 5.00 Å². The third-order valence-corrected chi connectivity index (χ3v) is 5.53. The second-order valence-electron chi connectivity index (χ2n) is 7.42. The molecule has 0 atom stereocenters. The lowest BCUT2D eigenvalue weighted by molar-refractivity contribution is -0.116. The Morgan fingerprint density at radius 3 is 2.77 bits per heavy atom. The van der Waals surface area contributed by atoms with Crippen LogP contribution in [0.5, 0.6) is 0 Å². The molecule has 1 aromatic carbocycles. The number of para-hydroxylation sites is 2. The normalized spacial score (nSPS) is 11.2. The minimum Gasteiger partial charge on any atom is -0.462 e. The molecule has 2 aromatic heterocycles. The Morgan fingerprint density at radius 2 is 2.03 bits per heavy atom. The van der Waals surface area contributed by atoms with E-state index < -0.39 is 11.7 Å². The highest BCUT2D eigenvalue weighted by atomic mass is 32.1. The van der Waals surface area contributed by atoms with E-state index in [0.717, 1.165) is 12.0 Å². The number of carbonyl (C=O) groups is 2. The van der Waals surface area contributed by atoms with Crippen LogP contribution in [0.1, 0.15) is 49.5 Å². The van der Waals surface area contributed by atoms with E-state index in [2.05, 4.69) is 19.2 Å². The van der Waals surface area contributed by atoms with E-state index in [1.54, 1.807) is 19.1 Å². The van der Waals surface area contributed by atoms with Crippen LogP contribution in [-0.4, -0.2) is 23.1 Å². The van der Waals surface area contributed by atoms with Gasteiger partial charge in [0.25, 0.3) is 0 Å². The zero-order valence-electron chi connectivity index (χ0n) is 17.4. The molecule has 0 fully saturated rings. The Kier molecular flexibility index (Phi) is 7.10. The van der Waals surface area contributed by atoms with Crippen LogP contribution >= 0.6 is 11.3 Å². The van der Waals surface area contributed by atoms with Crippen molar-refractivity contribution in [2.75, 3.05) is 11.9 Å². The number of carbonyl (C=O) groups excluding carboxylic acids is 2. The minimum absolute atomic E-state index is 0.209. The van der Waals surface area contributed by atoms with E-state index in [-0.39, 0.29) is 18.9 Å². The van der Waals surface area contributed by atoms with Crippen molar-refractivity contribution in [3.05, 3.63) is 51.3 Å². The fourth-order valence-electron chi connectivity index (χ4n) is 3.32. The van der Waals surface area contributed by atoms with Crippen molar-refractivity contribution < 1.29 is 18.7 Å². The number of fused-ring (bicyclic) bond motifs is 1. The first-order valence-corrected chi connectivity index (χ1v) is 10.9. The van der Waals surface area contributed by atoms with E-state index in [1.807, 2.05) is 17.5 Å². The van der Waals surface area contributed by atoms with Gasteiger partial charge in [0.05, 0.1) is 17.7 Å². The molecule has 0 spiro atoms. The van der Waals surface area contributed by atoms with Gasteiger partial charge in [-0.15, -0.1) is 11.3 Å². The molecule has 0 aliphatic heterocycles. The number of esters is 1. The molecule has 3 rings (SSSR count). The smallest absolute Gasteiger partial charge is 0.419 e. The predicted molar refractivity (Wildman–Crippen MR) is 117 cm³/mol. The largest absolute Gasteiger partial charge is 0.462 e. The SMILES string of the molecule is CCOC(=O)c1c(CC(C)C)csc1NC(=O)CCCn1c(=O)oc2ccccc21. The van der Waals surface area contributed by atoms with Gasteiger partial charge in [-0.1, -0.05) is 26.0 Å². The summed E-state index contributed by atoms with van der Waals surface area (Å²) >= 11 is 1.33. The number of hydrogen-bond acceptors (Lipinski definition) is 6. The third kappa shape index (κ3) is 4.99. The van der Waals surface area contributed by atoms with Crippen LogP contribution in [0.25, 0.3) is 11.1 Å². The van der Waals surface area contributed by atoms with Crippen LogP contribution in [0, 0.1) is 5.92 Å². The van der Waals surface area contributed by atoms with Crippen molar-refractivity contribution in [2.45, 2.75) is 46.6 Å². The van der Waals surface area contributed by atoms with Crippen molar-refractivity contribution in [1.82, 2.24) is 4.57 Å². The first-order valence-electron chi connectivity index (χ1n) is 10.1. The summed E-state index contributed by atoms with van der Waals surface area (Å²) in [5.41, 5.74) is 2.58. The van der Waals surface area contributed by atoms with E-state index >= 15 is 0 Å². The van der Waals surface area contributed by atoms with Crippen molar-refractivity contribution in [2.24, 2.45) is 5.92 Å². The summed E-state index contributed by atoms with van der Waals surface area (Å²) in [6.45, 7) is 6.55. The zero-order valence-corrected chi connectivity index (χ0v) is 18.2. The maximum atomic E-state index is 12.5. The van der Waals surface area contributed by atoms with Crippen LogP contribution in [0.2, 0.25) is 0 Å². The second kappa shape index (κ2) is 9.75. The van der Waals surface area contributed by atoms with Gasteiger partial charge in [-0.2, -0.15) is 0 Å². The number of thiophene rings is 1. The average molecular weight is 431 g/mol. The molecule has 0 bridgehead atoms. The third-order valence-electron chi connectivity index (χ3n) is 4.59. The molecule has 1 N–H and O–H groups in total. The highest BCUT2D eigenvalue weighted by Gasteiger charge is 2.22. The van der Waals surface area contributed by atoms with E-state index in [1.165, 1.54) is 15.9 Å². The number of aryl methyl sites for hydroxylation is 1. The number of hydrogen-bond donors (Lipinski definition) is 1. The number of nitrogens with zero attached hydrogens (tertiary/aromatic N) is 1. The molecule has 0 aliphatic carbocycles. The summed E-state index contributed by atoms with van der Waals surface area (Å²) in [4.78, 5) is 36.9. The number of ether oxygens (including phenoxy) is 1. The van der Waals surface area contributed by atoms with Crippen molar-refractivity contribution >= 4 is 39.3 Å². The quantitative estimate of drug-likeness (QED) is 0.507. The molecule has 0 saturated carbocycles. The van der Waals surface area contributed by atoms with Crippen LogP contribution in [0.15, 0.2) is 38.9 Å². The summed E-state index contributed by atoms with van der Waals surface area (Å²) in [6.07, 6.45) is 1.41. The lowest BCUT2D eigenvalue weighted by atomic mass is 10.0. The Labute approximate surface area is 178 Å². The monoisotopic (exact) mass is 430 g/mol. The molecule has 0 saturated heterocycles. The minimum atomic E-state index is -0.433. The van der Waals surface area contributed by atoms with Crippen molar-refractivity contribution in [3.8, 4) is 0 Å². The molecular formula is C22H26N2O5S. The Balaban J connectivity index is 1.66. The molecular weight excluding hydrogens is 404 g/mol. The molecule has 2 heterocycles. The summed E-state index contributed by atoms with van der Waals surface area (Å²) in [5.74, 6) is -0.683. The molecule has 0 radical (unpaired) electrons. The number of rotatable bonds is 9. The molecule has 30 heavy (non-hydrogen) atoms. The van der Waals surface area contributed by atoms with E-state index in [9.17, 15) is 14.4 Å². The Morgan fingerprint density at radius 1 is 1.27 bits per heavy atom. The summed E-state index contributed by atoms with van der Waals surface area (Å²) in [7, 11) is 0. The number of anilines is 1. The first-order chi connectivity index (χ1) is 14.4. The van der Waals surface area contributed by atoms with Gasteiger partial charge in [-0.05, 0) is 48.8 Å². The molecule has 7 nitrogen and oxygen atoms in total. The fourth-order valence-corrected chi connectivity index (χ4v) is 4.29. The van der Waals surface area contributed by atoms with Crippen LogP contribution in [0.3, 0.4) is 0 Å². The lowest BCUT2D eigenvalue weighted by Gasteiger charge is -2.10. The number of amides is 1. The molecule has 3 aromatic rings. The van der Waals surface area contributed by atoms with Gasteiger partial charge < -0.3 is 14.5 Å². The van der Waals surface area contributed by atoms with Gasteiger partial charge in [-0.25, -0.2) is 9.59 Å². The number of benzene rings is 1. The Hall–Kier alpha value is -2.87. The van der Waals surface area contributed by atoms with Crippen LogP contribution in [0.4, 0.5) is 5.00 Å². The second-order valence-corrected chi connectivity index (χ2v) is 8.30. The van der Waals surface area contributed by atoms with Gasteiger partial charge in [0.15, 0.2) is 5.58 Å². The average Bonchev–Trinajstić information content (AvgIpc) is 3.22. The maximum Gasteiger partial charge on any atom is 0.419 e. The van der Waals surface area contributed by atoms with Gasteiger partial charge >= 0.3 is 11.7 Å². The molecule has 0 unspecified atom stereocenters. The molecule has 1 amide bonds. The van der Waals surface area contributed by atoms with E-state index in [4.69, 9.17) is 9.15 Å². The summed E-state index contributed by atoms with van der Waals surface area (Å²) in [5, 5.41) is 5.26. The summed E-state index contributed by atoms with van der Waals surface area (Å²) < 4.78 is 11.9. The number of nitrogens with one attached hydrogen (secondary N) is 1. The predicted octanol–water partition coefficient (Wildman–Crippen LogP) is 4.45. The highest BCUT2D eigenvalue weighted by molar-refractivity contribution is 7.15. The van der Waals surface area contributed by atoms with Crippen molar-refractivity contribution in [3.63, 3.8) is 0 Å². The summed E-state index contributed by atoms with van der Waals surface area (Å²) in [6, 6.07) is 7.19. The molecule has 8 heteroatoms. The van der Waals surface area contributed by atoms with Gasteiger partial charge in [0.2, 0.25) is 5.91 Å². The van der Waals surface area contributed by atoms with Gasteiger partial charge in [-0.3, -0.25) is 9.36 Å².